The number of benzene rings is 1. The lowest BCUT2D eigenvalue weighted by Crippen LogP contribution is -2.43. The molecule has 1 atom stereocenters. The van der Waals surface area contributed by atoms with Gasteiger partial charge in [0, 0.05) is 18.7 Å². The Kier molecular flexibility index (Phi) is 3.78. The largest absolute Gasteiger partial charge is 0.479 e. The van der Waals surface area contributed by atoms with E-state index in [1.165, 1.54) is 11.2 Å². The third kappa shape index (κ3) is 2.65. The Labute approximate surface area is 126 Å². The minimum absolute atomic E-state index is 0.107. The maximum atomic E-state index is 12.2. The second-order valence-corrected chi connectivity index (χ2v) is 4.99. The van der Waals surface area contributed by atoms with Crippen molar-refractivity contribution in [3.63, 3.8) is 0 Å². The lowest BCUT2D eigenvalue weighted by Gasteiger charge is -2.31. The lowest BCUT2D eigenvalue weighted by atomic mass is 10.0. The standard InChI is InChI=1S/C15H15N3O4/c19-14(20)13-12-11(16-9-17-12)6-7-18(13)15(21)22-8-10-4-2-1-3-5-10/h1-5,9,13H,6-8H2,(H,16,17)(H,19,20). The van der Waals surface area contributed by atoms with Crippen molar-refractivity contribution in [3.05, 3.63) is 53.6 Å². The van der Waals surface area contributed by atoms with Gasteiger partial charge in [-0.15, -0.1) is 0 Å². The number of nitrogens with zero attached hydrogens (tertiary/aromatic N) is 2. The summed E-state index contributed by atoms with van der Waals surface area (Å²) < 4.78 is 5.23. The number of hydrogen-bond acceptors (Lipinski definition) is 4. The van der Waals surface area contributed by atoms with Gasteiger partial charge in [-0.05, 0) is 5.56 Å². The summed E-state index contributed by atoms with van der Waals surface area (Å²) in [4.78, 5) is 31.9. The van der Waals surface area contributed by atoms with Gasteiger partial charge in [-0.3, -0.25) is 4.90 Å². The highest BCUT2D eigenvalue weighted by Crippen LogP contribution is 2.28. The number of fused-ring (bicyclic) bond motifs is 1. The number of aromatic nitrogens is 2. The highest BCUT2D eigenvalue weighted by molar-refractivity contribution is 5.81. The summed E-state index contributed by atoms with van der Waals surface area (Å²) in [6.07, 6.45) is 1.32. The number of carbonyl (C=O) groups excluding carboxylic acids is 1. The zero-order valence-electron chi connectivity index (χ0n) is 11.7. The lowest BCUT2D eigenvalue weighted by molar-refractivity contribution is -0.143. The van der Waals surface area contributed by atoms with Crippen LogP contribution in [-0.2, 0) is 22.6 Å². The molecule has 0 bridgehead atoms. The molecule has 1 unspecified atom stereocenters. The summed E-state index contributed by atoms with van der Waals surface area (Å²) in [6, 6.07) is 8.13. The number of nitrogens with one attached hydrogen (secondary N) is 1. The van der Waals surface area contributed by atoms with Gasteiger partial charge in [0.15, 0.2) is 6.04 Å². The fraction of sp³-hybridized carbons (Fsp3) is 0.267. The molecule has 0 spiro atoms. The minimum Gasteiger partial charge on any atom is -0.479 e. The summed E-state index contributed by atoms with van der Waals surface area (Å²) in [5.74, 6) is -1.12. The van der Waals surface area contributed by atoms with Crippen molar-refractivity contribution < 1.29 is 19.4 Å². The molecule has 1 aliphatic rings. The van der Waals surface area contributed by atoms with Gasteiger partial charge in [0.2, 0.25) is 0 Å². The molecule has 22 heavy (non-hydrogen) atoms. The van der Waals surface area contributed by atoms with Gasteiger partial charge in [0.05, 0.1) is 12.0 Å². The average Bonchev–Trinajstić information content (AvgIpc) is 3.00. The van der Waals surface area contributed by atoms with Crippen molar-refractivity contribution in [1.29, 1.82) is 0 Å². The van der Waals surface area contributed by atoms with Crippen LogP contribution in [0, 0.1) is 0 Å². The fourth-order valence-electron chi connectivity index (χ4n) is 2.53. The maximum absolute atomic E-state index is 12.2. The van der Waals surface area contributed by atoms with E-state index in [1.807, 2.05) is 30.3 Å². The summed E-state index contributed by atoms with van der Waals surface area (Å²) in [6.45, 7) is 0.385. The maximum Gasteiger partial charge on any atom is 0.411 e. The molecular formula is C15H15N3O4. The number of rotatable bonds is 3. The van der Waals surface area contributed by atoms with Crippen LogP contribution in [0.1, 0.15) is 23.0 Å². The first kappa shape index (κ1) is 14.1. The van der Waals surface area contributed by atoms with E-state index in [0.29, 0.717) is 12.1 Å². The topological polar surface area (TPSA) is 95.5 Å². The van der Waals surface area contributed by atoms with E-state index in [0.717, 1.165) is 11.3 Å². The molecule has 1 amide bonds. The molecule has 114 valence electrons. The van der Waals surface area contributed by atoms with Crippen LogP contribution in [0.3, 0.4) is 0 Å². The molecule has 7 nitrogen and oxygen atoms in total. The van der Waals surface area contributed by atoms with Gasteiger partial charge >= 0.3 is 12.1 Å². The molecule has 1 aromatic carbocycles. The smallest absolute Gasteiger partial charge is 0.411 e. The van der Waals surface area contributed by atoms with E-state index < -0.39 is 18.1 Å². The molecule has 2 aromatic rings. The molecule has 3 rings (SSSR count). The SMILES string of the molecule is O=C(O)C1c2nc[nH]c2CCN1C(=O)OCc1ccccc1. The number of amides is 1. The number of H-pyrrole nitrogens is 1. The van der Waals surface area contributed by atoms with E-state index in [9.17, 15) is 14.7 Å². The highest BCUT2D eigenvalue weighted by atomic mass is 16.6. The summed E-state index contributed by atoms with van der Waals surface area (Å²) >= 11 is 0. The first-order valence-electron chi connectivity index (χ1n) is 6.89. The van der Waals surface area contributed by atoms with Crippen molar-refractivity contribution in [2.45, 2.75) is 19.1 Å². The molecule has 0 fully saturated rings. The third-order valence-corrected chi connectivity index (χ3v) is 3.60. The molecule has 1 aromatic heterocycles. The number of ether oxygens (including phenoxy) is 1. The highest BCUT2D eigenvalue weighted by Gasteiger charge is 2.38. The van der Waals surface area contributed by atoms with Gasteiger partial charge < -0.3 is 14.8 Å². The van der Waals surface area contributed by atoms with Gasteiger partial charge in [0.1, 0.15) is 6.61 Å². The van der Waals surface area contributed by atoms with Crippen LogP contribution in [0.4, 0.5) is 4.79 Å². The van der Waals surface area contributed by atoms with Gasteiger partial charge in [-0.25, -0.2) is 14.6 Å². The molecule has 2 heterocycles. The summed E-state index contributed by atoms with van der Waals surface area (Å²) in [5, 5.41) is 9.40. The Hall–Kier alpha value is -2.83. The predicted octanol–water partition coefficient (Wildman–Crippen LogP) is 1.73. The number of carboxylic acid groups (broad SMARTS) is 1. The zero-order chi connectivity index (χ0) is 15.5. The van der Waals surface area contributed by atoms with Crippen LogP contribution in [-0.4, -0.2) is 38.6 Å². The van der Waals surface area contributed by atoms with Crippen molar-refractivity contribution in [2.75, 3.05) is 6.54 Å². The van der Waals surface area contributed by atoms with Crippen molar-refractivity contribution >= 4 is 12.1 Å². The number of imidazole rings is 1. The summed E-state index contributed by atoms with van der Waals surface area (Å²) in [5.41, 5.74) is 1.97. The van der Waals surface area contributed by atoms with E-state index in [-0.39, 0.29) is 13.2 Å². The number of carbonyl (C=O) groups is 2. The number of hydrogen-bond donors (Lipinski definition) is 2. The first-order valence-corrected chi connectivity index (χ1v) is 6.89. The van der Waals surface area contributed by atoms with Gasteiger partial charge in [-0.1, -0.05) is 30.3 Å². The van der Waals surface area contributed by atoms with Crippen LogP contribution in [0.5, 0.6) is 0 Å². The van der Waals surface area contributed by atoms with Crippen LogP contribution in [0.15, 0.2) is 36.7 Å². The third-order valence-electron chi connectivity index (χ3n) is 3.60. The van der Waals surface area contributed by atoms with Crippen molar-refractivity contribution in [1.82, 2.24) is 14.9 Å². The molecule has 1 aliphatic heterocycles. The zero-order valence-corrected chi connectivity index (χ0v) is 11.7. The minimum atomic E-state index is -1.12. The molecule has 0 aliphatic carbocycles. The molecule has 2 N–H and O–H groups in total. The molecular weight excluding hydrogens is 286 g/mol. The van der Waals surface area contributed by atoms with Crippen LogP contribution < -0.4 is 0 Å². The number of aliphatic carboxylic acids is 1. The molecule has 0 saturated carbocycles. The van der Waals surface area contributed by atoms with Gasteiger partial charge in [0.25, 0.3) is 0 Å². The van der Waals surface area contributed by atoms with E-state index in [1.54, 1.807) is 0 Å². The van der Waals surface area contributed by atoms with E-state index in [4.69, 9.17) is 4.74 Å². The Balaban J connectivity index is 1.73. The number of aromatic amines is 1. The summed E-state index contributed by atoms with van der Waals surface area (Å²) in [7, 11) is 0. The Bertz CT molecular complexity index is 683. The first-order chi connectivity index (χ1) is 10.7. The second-order valence-electron chi connectivity index (χ2n) is 4.99. The number of carboxylic acids is 1. The van der Waals surface area contributed by atoms with Crippen molar-refractivity contribution in [2.24, 2.45) is 0 Å². The fourth-order valence-corrected chi connectivity index (χ4v) is 2.53. The predicted molar refractivity (Wildman–Crippen MR) is 76.0 cm³/mol. The van der Waals surface area contributed by atoms with Crippen molar-refractivity contribution in [3.8, 4) is 0 Å². The molecule has 0 radical (unpaired) electrons. The van der Waals surface area contributed by atoms with Crippen LogP contribution in [0.2, 0.25) is 0 Å². The van der Waals surface area contributed by atoms with Crippen LogP contribution in [0.25, 0.3) is 0 Å². The van der Waals surface area contributed by atoms with Gasteiger partial charge in [-0.2, -0.15) is 0 Å². The Morgan fingerprint density at radius 1 is 1.36 bits per heavy atom. The van der Waals surface area contributed by atoms with Crippen LogP contribution >= 0.6 is 0 Å². The molecule has 0 saturated heterocycles. The quantitative estimate of drug-likeness (QED) is 0.900. The second kappa shape index (κ2) is 5.88. The molecule has 7 heteroatoms. The Morgan fingerprint density at radius 2 is 2.14 bits per heavy atom. The van der Waals surface area contributed by atoms with E-state index in [2.05, 4.69) is 9.97 Å². The Morgan fingerprint density at radius 3 is 2.86 bits per heavy atom. The average molecular weight is 301 g/mol. The van der Waals surface area contributed by atoms with E-state index >= 15 is 0 Å². The normalized spacial score (nSPS) is 16.9. The monoisotopic (exact) mass is 301 g/mol.